The Balaban J connectivity index is 1.80. The van der Waals surface area contributed by atoms with Gasteiger partial charge >= 0.3 is 0 Å². The van der Waals surface area contributed by atoms with Crippen LogP contribution in [0.2, 0.25) is 0 Å². The molecule has 0 radical (unpaired) electrons. The second-order valence-electron chi connectivity index (χ2n) is 5.89. The van der Waals surface area contributed by atoms with Crippen LogP contribution in [0.3, 0.4) is 0 Å². The number of ketones is 1. The molecule has 1 aromatic heterocycles. The number of Topliss-reactive ketones (excluding diaryl/α,β-unsaturated/α-hetero) is 1. The van der Waals surface area contributed by atoms with Crippen LogP contribution < -0.4 is 14.0 Å². The number of benzene rings is 2. The van der Waals surface area contributed by atoms with Crippen molar-refractivity contribution in [3.05, 3.63) is 76.7 Å². The summed E-state index contributed by atoms with van der Waals surface area (Å²) in [6.45, 7) is -0.0515. The third kappa shape index (κ3) is 3.96. The summed E-state index contributed by atoms with van der Waals surface area (Å²) in [5, 5.41) is 11.1. The molecule has 0 saturated heterocycles. The third-order valence-corrected chi connectivity index (χ3v) is 4.18. The number of ether oxygens (including phenoxy) is 2. The number of aromatic nitrogens is 2. The van der Waals surface area contributed by atoms with Crippen LogP contribution >= 0.6 is 0 Å². The molecule has 1 heterocycles. The van der Waals surface area contributed by atoms with Crippen molar-refractivity contribution in [3.63, 3.8) is 0 Å². The van der Waals surface area contributed by atoms with E-state index >= 15 is 0 Å². The van der Waals surface area contributed by atoms with E-state index in [-0.39, 0.29) is 23.6 Å². The number of nitro groups is 1. The summed E-state index contributed by atoms with van der Waals surface area (Å²) in [4.78, 5) is 27.4. The first-order valence-corrected chi connectivity index (χ1v) is 8.37. The zero-order valence-corrected chi connectivity index (χ0v) is 15.4. The van der Waals surface area contributed by atoms with Crippen molar-refractivity contribution in [2.75, 3.05) is 14.2 Å². The Bertz CT molecular complexity index is 1020. The summed E-state index contributed by atoms with van der Waals surface area (Å²) in [5.74, 6) is 0.843. The molecule has 0 fully saturated rings. The van der Waals surface area contributed by atoms with Crippen LogP contribution in [0.4, 0.5) is 5.69 Å². The molecule has 0 bridgehead atoms. The number of nitrogens with zero attached hydrogens (tertiary/aromatic N) is 3. The Hall–Kier alpha value is -3.81. The minimum atomic E-state index is -0.559. The van der Waals surface area contributed by atoms with Crippen LogP contribution in [0.25, 0.3) is 11.3 Å². The molecule has 3 aromatic rings. The van der Waals surface area contributed by atoms with E-state index in [1.54, 1.807) is 43.2 Å². The van der Waals surface area contributed by atoms with Crippen LogP contribution in [-0.2, 0) is 6.54 Å². The van der Waals surface area contributed by atoms with Gasteiger partial charge in [-0.3, -0.25) is 14.9 Å². The first kappa shape index (κ1) is 19.0. The minimum Gasteiger partial charge on any atom is -0.493 e. The van der Waals surface area contributed by atoms with Gasteiger partial charge in [0.1, 0.15) is 0 Å². The maximum absolute atomic E-state index is 12.5. The average Bonchev–Trinajstić information content (AvgIpc) is 2.73. The molecule has 0 aliphatic rings. The van der Waals surface area contributed by atoms with Gasteiger partial charge in [-0.2, -0.15) is 0 Å². The summed E-state index contributed by atoms with van der Waals surface area (Å²) < 4.78 is 12.1. The quantitative estimate of drug-likeness (QED) is 0.271. The fourth-order valence-corrected chi connectivity index (χ4v) is 2.76. The van der Waals surface area contributed by atoms with Gasteiger partial charge in [-0.1, -0.05) is 12.1 Å². The predicted octanol–water partition coefficient (Wildman–Crippen LogP) is 2.84. The second kappa shape index (κ2) is 8.26. The van der Waals surface area contributed by atoms with Gasteiger partial charge in [0.2, 0.25) is 5.78 Å². The van der Waals surface area contributed by atoms with Crippen molar-refractivity contribution in [2.45, 2.75) is 6.54 Å². The topological polar surface area (TPSA) is 95.4 Å². The number of nitro benzene ring substituents is 1. The summed E-state index contributed by atoms with van der Waals surface area (Å²) in [6, 6.07) is 13.1. The number of hydrogen-bond acceptors (Lipinski definition) is 6. The summed E-state index contributed by atoms with van der Waals surface area (Å²) in [5.41, 5.74) is 1.39. The maximum atomic E-state index is 12.5. The number of para-hydroxylation sites is 1. The lowest BCUT2D eigenvalue weighted by Gasteiger charge is -2.08. The van der Waals surface area contributed by atoms with Gasteiger partial charge in [-0.05, 0) is 29.2 Å². The lowest BCUT2D eigenvalue weighted by atomic mass is 10.1. The van der Waals surface area contributed by atoms with E-state index in [0.717, 1.165) is 5.56 Å². The van der Waals surface area contributed by atoms with Crippen LogP contribution in [0.5, 0.6) is 11.5 Å². The fourth-order valence-electron chi connectivity index (χ4n) is 2.76. The number of methoxy groups -OCH3 is 2. The Morgan fingerprint density at radius 3 is 2.50 bits per heavy atom. The smallest absolute Gasteiger partial charge is 0.287 e. The van der Waals surface area contributed by atoms with Crippen LogP contribution in [0.15, 0.2) is 61.1 Å². The molecule has 142 valence electrons. The van der Waals surface area contributed by atoms with Gasteiger partial charge in [0.25, 0.3) is 12.0 Å². The van der Waals surface area contributed by atoms with Crippen molar-refractivity contribution in [1.29, 1.82) is 0 Å². The number of carbonyl (C=O) groups is 1. The van der Waals surface area contributed by atoms with E-state index in [4.69, 9.17) is 9.47 Å². The zero-order chi connectivity index (χ0) is 20.1. The minimum absolute atomic E-state index is 0.0515. The van der Waals surface area contributed by atoms with Crippen molar-refractivity contribution in [3.8, 4) is 22.8 Å². The van der Waals surface area contributed by atoms with Gasteiger partial charge in [0.05, 0.1) is 30.9 Å². The molecule has 3 rings (SSSR count). The Kier molecular flexibility index (Phi) is 5.59. The lowest BCUT2D eigenvalue weighted by Crippen LogP contribution is -2.37. The highest BCUT2D eigenvalue weighted by Crippen LogP contribution is 2.31. The Labute approximate surface area is 161 Å². The molecule has 0 spiro atoms. The normalized spacial score (nSPS) is 10.4. The highest BCUT2D eigenvalue weighted by atomic mass is 16.6. The molecule has 0 unspecified atom stereocenters. The predicted molar refractivity (Wildman–Crippen MR) is 100 cm³/mol. The van der Waals surface area contributed by atoms with Crippen LogP contribution in [-0.4, -0.2) is 29.9 Å². The van der Waals surface area contributed by atoms with Gasteiger partial charge in [-0.25, -0.2) is 4.57 Å². The van der Waals surface area contributed by atoms with Crippen molar-refractivity contribution in [2.24, 2.45) is 0 Å². The van der Waals surface area contributed by atoms with Gasteiger partial charge in [-0.15, -0.1) is 0 Å². The van der Waals surface area contributed by atoms with Gasteiger partial charge in [0, 0.05) is 17.7 Å². The number of rotatable bonds is 7. The number of hydrogen-bond donors (Lipinski definition) is 0. The highest BCUT2D eigenvalue weighted by Gasteiger charge is 2.21. The maximum Gasteiger partial charge on any atom is 0.287 e. The molecule has 2 aromatic carbocycles. The summed E-state index contributed by atoms with van der Waals surface area (Å²) >= 11 is 0. The van der Waals surface area contributed by atoms with Crippen molar-refractivity contribution < 1.29 is 23.8 Å². The molecule has 8 heteroatoms. The van der Waals surface area contributed by atoms with Crippen LogP contribution in [0, 0.1) is 10.1 Å². The molecular formula is C20H18N3O5+. The van der Waals surface area contributed by atoms with E-state index < -0.39 is 4.92 Å². The molecule has 0 aliphatic carbocycles. The molecule has 8 nitrogen and oxygen atoms in total. The fraction of sp³-hybridized carbons (Fsp3) is 0.150. The summed E-state index contributed by atoms with van der Waals surface area (Å²) in [6.07, 6.45) is 3.21. The highest BCUT2D eigenvalue weighted by molar-refractivity contribution is 5.98. The van der Waals surface area contributed by atoms with E-state index in [9.17, 15) is 14.9 Å². The van der Waals surface area contributed by atoms with Gasteiger partial charge < -0.3 is 9.47 Å². The first-order chi connectivity index (χ1) is 13.5. The van der Waals surface area contributed by atoms with E-state index in [1.165, 1.54) is 24.5 Å². The monoisotopic (exact) mass is 380 g/mol. The van der Waals surface area contributed by atoms with Crippen molar-refractivity contribution >= 4 is 11.5 Å². The first-order valence-electron chi connectivity index (χ1n) is 8.37. The molecule has 0 atom stereocenters. The van der Waals surface area contributed by atoms with Crippen molar-refractivity contribution in [1.82, 2.24) is 4.98 Å². The lowest BCUT2D eigenvalue weighted by molar-refractivity contribution is -0.686. The average molecular weight is 380 g/mol. The Morgan fingerprint density at radius 1 is 1.11 bits per heavy atom. The summed E-state index contributed by atoms with van der Waals surface area (Å²) in [7, 11) is 3.12. The molecular weight excluding hydrogens is 362 g/mol. The molecule has 0 amide bonds. The largest absolute Gasteiger partial charge is 0.493 e. The molecule has 0 saturated carbocycles. The number of carbonyl (C=O) groups excluding carboxylic acids is 1. The zero-order valence-electron chi connectivity index (χ0n) is 15.4. The van der Waals surface area contributed by atoms with E-state index in [0.29, 0.717) is 17.2 Å². The van der Waals surface area contributed by atoms with E-state index in [2.05, 4.69) is 4.98 Å². The van der Waals surface area contributed by atoms with Gasteiger partial charge in [0.15, 0.2) is 23.7 Å². The van der Waals surface area contributed by atoms with E-state index in [1.807, 2.05) is 12.1 Å². The second-order valence-corrected chi connectivity index (χ2v) is 5.89. The molecule has 0 N–H and O–H groups in total. The SMILES string of the molecule is COc1ccc(-c2cc[n+](CC(=O)c3ccccc3[N+](=O)[O-])cn2)cc1OC. The Morgan fingerprint density at radius 2 is 1.86 bits per heavy atom. The molecule has 0 aliphatic heterocycles. The third-order valence-electron chi connectivity index (χ3n) is 4.18. The molecule has 28 heavy (non-hydrogen) atoms. The van der Waals surface area contributed by atoms with Crippen LogP contribution in [0.1, 0.15) is 10.4 Å². The standard InChI is InChI=1S/C20H18N3O5/c1-27-19-8-7-14(11-20(19)28-2)16-9-10-22(13-21-16)12-18(24)15-5-3-4-6-17(15)23(25)26/h3-11,13H,12H2,1-2H3/q+1.